The summed E-state index contributed by atoms with van der Waals surface area (Å²) < 4.78 is 0. The van der Waals surface area contributed by atoms with Crippen LogP contribution in [0.2, 0.25) is 0 Å². The molecule has 1 aliphatic carbocycles. The van der Waals surface area contributed by atoms with E-state index < -0.39 is 5.97 Å². The number of hydrogen-bond donors (Lipinski definition) is 2. The Bertz CT molecular complexity index is 706. The van der Waals surface area contributed by atoms with Gasteiger partial charge in [0.2, 0.25) is 0 Å². The molecule has 20 heavy (non-hydrogen) atoms. The minimum absolute atomic E-state index is 0.230. The van der Waals surface area contributed by atoms with Crippen molar-refractivity contribution in [2.45, 2.75) is 19.3 Å². The lowest BCUT2D eigenvalue weighted by Gasteiger charge is -2.18. The highest BCUT2D eigenvalue weighted by atomic mass is 16.4. The van der Waals surface area contributed by atoms with Crippen LogP contribution in [-0.2, 0) is 4.79 Å². The van der Waals surface area contributed by atoms with E-state index in [-0.39, 0.29) is 11.7 Å². The first kappa shape index (κ1) is 12.7. The molecule has 3 rings (SSSR count). The van der Waals surface area contributed by atoms with Crippen LogP contribution < -0.4 is 0 Å². The van der Waals surface area contributed by atoms with Gasteiger partial charge in [-0.2, -0.15) is 0 Å². The highest BCUT2D eigenvalue weighted by Crippen LogP contribution is 2.30. The summed E-state index contributed by atoms with van der Waals surface area (Å²) in [4.78, 5) is 15.5. The van der Waals surface area contributed by atoms with Gasteiger partial charge >= 0.3 is 5.97 Å². The van der Waals surface area contributed by atoms with Gasteiger partial charge in [-0.3, -0.25) is 4.79 Å². The molecule has 0 bridgehead atoms. The molecule has 1 heterocycles. The molecule has 1 aliphatic rings. The second-order valence-corrected chi connectivity index (χ2v) is 5.11. The number of aromatic nitrogens is 1. The summed E-state index contributed by atoms with van der Waals surface area (Å²) in [6.45, 7) is 0. The molecule has 1 aromatic carbocycles. The summed E-state index contributed by atoms with van der Waals surface area (Å²) in [6, 6.07) is 8.95. The number of phenols is 1. The molecule has 4 nitrogen and oxygen atoms in total. The Morgan fingerprint density at radius 1 is 1.25 bits per heavy atom. The number of benzene rings is 1. The highest BCUT2D eigenvalue weighted by Gasteiger charge is 2.21. The van der Waals surface area contributed by atoms with Crippen molar-refractivity contribution in [1.29, 1.82) is 0 Å². The lowest BCUT2D eigenvalue weighted by Crippen LogP contribution is -2.15. The van der Waals surface area contributed by atoms with Gasteiger partial charge in [0.1, 0.15) is 5.75 Å². The maximum atomic E-state index is 10.9. The predicted octanol–water partition coefficient (Wildman–Crippen LogP) is 3.21. The van der Waals surface area contributed by atoms with Crippen molar-refractivity contribution < 1.29 is 15.0 Å². The Labute approximate surface area is 116 Å². The van der Waals surface area contributed by atoms with Gasteiger partial charge in [-0.1, -0.05) is 12.1 Å². The first-order valence-electron chi connectivity index (χ1n) is 6.65. The number of pyridine rings is 1. The van der Waals surface area contributed by atoms with Crippen molar-refractivity contribution in [2.24, 2.45) is 5.92 Å². The number of allylic oxidation sites excluding steroid dienone is 2. The predicted molar refractivity (Wildman–Crippen MR) is 76.4 cm³/mol. The van der Waals surface area contributed by atoms with E-state index in [1.54, 1.807) is 18.2 Å². The molecule has 1 unspecified atom stereocenters. The first-order valence-corrected chi connectivity index (χ1v) is 6.65. The number of aliphatic carboxylic acids is 1. The van der Waals surface area contributed by atoms with E-state index in [0.717, 1.165) is 28.6 Å². The third kappa shape index (κ3) is 2.37. The van der Waals surface area contributed by atoms with Crippen molar-refractivity contribution in [2.75, 3.05) is 0 Å². The summed E-state index contributed by atoms with van der Waals surface area (Å²) >= 11 is 0. The van der Waals surface area contributed by atoms with Crippen LogP contribution in [0, 0.1) is 5.92 Å². The van der Waals surface area contributed by atoms with E-state index in [4.69, 9.17) is 5.11 Å². The summed E-state index contributed by atoms with van der Waals surface area (Å²) in [5.41, 5.74) is 2.84. The summed E-state index contributed by atoms with van der Waals surface area (Å²) in [7, 11) is 0. The molecule has 2 aromatic rings. The van der Waals surface area contributed by atoms with Crippen LogP contribution in [0.15, 0.2) is 36.4 Å². The van der Waals surface area contributed by atoms with Gasteiger partial charge in [-0.25, -0.2) is 4.98 Å². The van der Waals surface area contributed by atoms with E-state index >= 15 is 0 Å². The maximum absolute atomic E-state index is 10.9. The molecule has 0 saturated heterocycles. The molecule has 1 aromatic heterocycles. The Morgan fingerprint density at radius 3 is 2.80 bits per heavy atom. The lowest BCUT2D eigenvalue weighted by atomic mass is 9.88. The molecule has 102 valence electrons. The Hall–Kier alpha value is -2.36. The highest BCUT2D eigenvalue weighted by molar-refractivity contribution is 5.82. The van der Waals surface area contributed by atoms with Crippen LogP contribution in [0.25, 0.3) is 16.5 Å². The van der Waals surface area contributed by atoms with Gasteiger partial charge in [-0.05, 0) is 49.1 Å². The monoisotopic (exact) mass is 269 g/mol. The Balaban J connectivity index is 1.91. The van der Waals surface area contributed by atoms with E-state index in [2.05, 4.69) is 4.98 Å². The molecule has 0 fully saturated rings. The largest absolute Gasteiger partial charge is 0.508 e. The molecule has 0 aliphatic heterocycles. The van der Waals surface area contributed by atoms with Crippen LogP contribution in [-0.4, -0.2) is 21.2 Å². The van der Waals surface area contributed by atoms with Crippen LogP contribution in [0.4, 0.5) is 0 Å². The van der Waals surface area contributed by atoms with Crippen LogP contribution >= 0.6 is 0 Å². The van der Waals surface area contributed by atoms with E-state index in [1.807, 2.05) is 18.2 Å². The van der Waals surface area contributed by atoms with Crippen molar-refractivity contribution in [3.8, 4) is 5.75 Å². The summed E-state index contributed by atoms with van der Waals surface area (Å²) in [5, 5.41) is 19.3. The summed E-state index contributed by atoms with van der Waals surface area (Å²) in [5.74, 6) is -0.758. The third-order valence-electron chi connectivity index (χ3n) is 3.76. The molecule has 0 radical (unpaired) electrons. The second kappa shape index (κ2) is 4.96. The molecule has 1 atom stereocenters. The second-order valence-electron chi connectivity index (χ2n) is 5.11. The standard InChI is InChI=1S/C16H15NO3/c18-13-6-8-15-12(9-13)5-7-14(17-15)10-1-3-11(4-2-10)16(19)20/h1,5-9,11,18H,2-4H2,(H,19,20). The molecular weight excluding hydrogens is 254 g/mol. The quantitative estimate of drug-likeness (QED) is 0.878. The van der Waals surface area contributed by atoms with Crippen molar-refractivity contribution in [3.05, 3.63) is 42.1 Å². The van der Waals surface area contributed by atoms with Gasteiger partial charge in [0.15, 0.2) is 0 Å². The zero-order chi connectivity index (χ0) is 14.1. The topological polar surface area (TPSA) is 70.4 Å². The number of carbonyl (C=O) groups is 1. The fourth-order valence-corrected chi connectivity index (χ4v) is 2.58. The number of phenolic OH excluding ortho intramolecular Hbond substituents is 1. The molecule has 0 saturated carbocycles. The number of hydrogen-bond acceptors (Lipinski definition) is 3. The molecule has 4 heteroatoms. The average molecular weight is 269 g/mol. The third-order valence-corrected chi connectivity index (χ3v) is 3.76. The molecule has 2 N–H and O–H groups in total. The van der Waals surface area contributed by atoms with Gasteiger partial charge in [-0.15, -0.1) is 0 Å². The minimum atomic E-state index is -0.720. The first-order chi connectivity index (χ1) is 9.63. The average Bonchev–Trinajstić information content (AvgIpc) is 2.47. The van der Waals surface area contributed by atoms with Gasteiger partial charge in [0, 0.05) is 5.39 Å². The van der Waals surface area contributed by atoms with Crippen LogP contribution in [0.1, 0.15) is 25.0 Å². The Morgan fingerprint density at radius 2 is 2.10 bits per heavy atom. The zero-order valence-corrected chi connectivity index (χ0v) is 10.9. The fraction of sp³-hybridized carbons (Fsp3) is 0.250. The smallest absolute Gasteiger partial charge is 0.306 e. The minimum Gasteiger partial charge on any atom is -0.508 e. The number of nitrogens with zero attached hydrogens (tertiary/aromatic N) is 1. The number of aromatic hydroxyl groups is 1. The van der Waals surface area contributed by atoms with Crippen LogP contribution in [0.5, 0.6) is 5.75 Å². The Kier molecular flexibility index (Phi) is 3.14. The molecular formula is C16H15NO3. The van der Waals surface area contributed by atoms with Crippen molar-refractivity contribution >= 4 is 22.4 Å². The number of carboxylic acids is 1. The van der Waals surface area contributed by atoms with E-state index in [1.165, 1.54) is 0 Å². The van der Waals surface area contributed by atoms with Crippen molar-refractivity contribution in [3.63, 3.8) is 0 Å². The summed E-state index contributed by atoms with van der Waals surface area (Å²) in [6.07, 6.45) is 3.96. The van der Waals surface area contributed by atoms with Gasteiger partial charge in [0.05, 0.1) is 17.1 Å². The van der Waals surface area contributed by atoms with Crippen molar-refractivity contribution in [1.82, 2.24) is 4.98 Å². The van der Waals surface area contributed by atoms with Crippen LogP contribution in [0.3, 0.4) is 0 Å². The maximum Gasteiger partial charge on any atom is 0.306 e. The number of carboxylic acid groups (broad SMARTS) is 1. The van der Waals surface area contributed by atoms with E-state index in [0.29, 0.717) is 12.8 Å². The SMILES string of the molecule is O=C(O)C1CC=C(c2ccc3cc(O)ccc3n2)CC1. The molecule has 0 amide bonds. The number of fused-ring (bicyclic) bond motifs is 1. The van der Waals surface area contributed by atoms with Gasteiger partial charge in [0.25, 0.3) is 0 Å². The lowest BCUT2D eigenvalue weighted by molar-refractivity contribution is -0.141. The fourth-order valence-electron chi connectivity index (χ4n) is 2.58. The van der Waals surface area contributed by atoms with E-state index in [9.17, 15) is 9.90 Å². The zero-order valence-electron chi connectivity index (χ0n) is 10.9. The molecule has 0 spiro atoms. The normalized spacial score (nSPS) is 18.8. The van der Waals surface area contributed by atoms with Gasteiger partial charge < -0.3 is 10.2 Å². The number of rotatable bonds is 2.